The second-order valence-corrected chi connectivity index (χ2v) is 18.7. The van der Waals surface area contributed by atoms with Crippen LogP contribution in [0.15, 0.2) is 85.1 Å². The lowest BCUT2D eigenvalue weighted by atomic mass is 9.86. The summed E-state index contributed by atoms with van der Waals surface area (Å²) in [6.07, 6.45) is 2.53. The summed E-state index contributed by atoms with van der Waals surface area (Å²) in [5, 5.41) is 16.3. The van der Waals surface area contributed by atoms with Crippen molar-refractivity contribution in [3.63, 3.8) is 0 Å². The Balaban J connectivity index is 1.14. The number of aromatic nitrogens is 1. The minimum Gasteiger partial charge on any atom is -0.496 e. The topological polar surface area (TPSA) is 261 Å². The van der Waals surface area contributed by atoms with Gasteiger partial charge in [-0.3, -0.25) is 28.9 Å². The predicted molar refractivity (Wildman–Crippen MR) is 257 cm³/mol. The molecule has 0 radical (unpaired) electrons. The summed E-state index contributed by atoms with van der Waals surface area (Å²) >= 11 is 0. The summed E-state index contributed by atoms with van der Waals surface area (Å²) in [5.41, 5.74) is 14.0. The maximum absolute atomic E-state index is 13.4. The zero-order valence-corrected chi connectivity index (χ0v) is 39.1. The highest BCUT2D eigenvalue weighted by atomic mass is 32.2. The smallest absolute Gasteiger partial charge is 0.324 e. The molecule has 0 saturated carbocycles. The molecule has 4 aromatic carbocycles. The molecule has 0 aliphatic carbocycles. The predicted octanol–water partition coefficient (Wildman–Crippen LogP) is 5.74. The van der Waals surface area contributed by atoms with Crippen molar-refractivity contribution in [2.75, 3.05) is 74.7 Å². The molecule has 67 heavy (non-hydrogen) atoms. The zero-order valence-electron chi connectivity index (χ0n) is 38.3. The normalized spacial score (nSPS) is 13.6. The fraction of sp³-hybridized carbons (Fsp3) is 0.340. The van der Waals surface area contributed by atoms with Crippen molar-refractivity contribution < 1.29 is 46.9 Å². The highest BCUT2D eigenvalue weighted by Crippen LogP contribution is 2.46. The molecule has 5 aromatic rings. The van der Waals surface area contributed by atoms with E-state index in [1.165, 1.54) is 19.1 Å². The first-order chi connectivity index (χ1) is 31.8. The van der Waals surface area contributed by atoms with E-state index in [-0.39, 0.29) is 41.8 Å². The van der Waals surface area contributed by atoms with Crippen LogP contribution in [0.1, 0.15) is 49.5 Å². The molecule has 20 heteroatoms. The van der Waals surface area contributed by atoms with E-state index >= 15 is 0 Å². The number of urea groups is 1. The molecule has 356 valence electrons. The average molecular weight is 940 g/mol. The Kier molecular flexibility index (Phi) is 15.4. The van der Waals surface area contributed by atoms with Crippen molar-refractivity contribution in [1.29, 1.82) is 0 Å². The molecule has 0 unspecified atom stereocenters. The number of nitrogens with two attached hydrogens (primary N) is 2. The Labute approximate surface area is 389 Å². The lowest BCUT2D eigenvalue weighted by Gasteiger charge is -2.35. The number of benzene rings is 4. The van der Waals surface area contributed by atoms with Crippen LogP contribution in [-0.4, -0.2) is 118 Å². The van der Waals surface area contributed by atoms with Gasteiger partial charge in [-0.1, -0.05) is 45.0 Å². The maximum atomic E-state index is 13.4. The molecule has 1 aliphatic heterocycles. The number of hydrogen-bond acceptors (Lipinski definition) is 13. The molecule has 6 rings (SSSR count). The second kappa shape index (κ2) is 21.0. The van der Waals surface area contributed by atoms with Gasteiger partial charge in [-0.05, 0) is 59.9 Å². The highest BCUT2D eigenvalue weighted by molar-refractivity contribution is 7.92. The lowest BCUT2D eigenvalue weighted by Crippen LogP contribution is -2.54. The average Bonchev–Trinajstić information content (AvgIpc) is 3.28. The van der Waals surface area contributed by atoms with Crippen molar-refractivity contribution in [1.82, 2.24) is 20.1 Å². The third-order valence-electron chi connectivity index (χ3n) is 11.1. The molecule has 1 fully saturated rings. The number of hydrogen-bond donors (Lipinski definition) is 6. The van der Waals surface area contributed by atoms with Crippen molar-refractivity contribution in [3.05, 3.63) is 96.2 Å². The summed E-state index contributed by atoms with van der Waals surface area (Å²) < 4.78 is 45.2. The van der Waals surface area contributed by atoms with Crippen molar-refractivity contribution in [2.45, 2.75) is 45.1 Å². The van der Waals surface area contributed by atoms with Crippen LogP contribution in [0.5, 0.6) is 23.0 Å². The van der Waals surface area contributed by atoms with E-state index in [1.807, 2.05) is 45.0 Å². The molecule has 0 spiro atoms. The van der Waals surface area contributed by atoms with E-state index in [4.69, 9.17) is 30.8 Å². The van der Waals surface area contributed by atoms with Gasteiger partial charge in [-0.2, -0.15) is 0 Å². The van der Waals surface area contributed by atoms with Gasteiger partial charge >= 0.3 is 12.0 Å². The molecule has 1 saturated heterocycles. The Morgan fingerprint density at radius 1 is 0.896 bits per heavy atom. The molecule has 19 nitrogen and oxygen atoms in total. The number of primary amides is 1. The van der Waals surface area contributed by atoms with Gasteiger partial charge < -0.3 is 46.3 Å². The summed E-state index contributed by atoms with van der Waals surface area (Å²) in [5.74, 6) is 0.201. The lowest BCUT2D eigenvalue weighted by molar-refractivity contribution is -0.138. The van der Waals surface area contributed by atoms with Gasteiger partial charge in [0.1, 0.15) is 23.1 Å². The molecule has 2 heterocycles. The molecular formula is C47H57N9O10S. The van der Waals surface area contributed by atoms with E-state index in [2.05, 4.69) is 25.2 Å². The van der Waals surface area contributed by atoms with E-state index in [0.29, 0.717) is 90.0 Å². The molecular weight excluding hydrogens is 883 g/mol. The van der Waals surface area contributed by atoms with Gasteiger partial charge in [-0.25, -0.2) is 18.2 Å². The third kappa shape index (κ3) is 12.4. The van der Waals surface area contributed by atoms with Crippen LogP contribution in [0.25, 0.3) is 10.8 Å². The van der Waals surface area contributed by atoms with Crippen LogP contribution < -0.4 is 45.9 Å². The Morgan fingerprint density at radius 2 is 1.61 bits per heavy atom. The van der Waals surface area contributed by atoms with Crippen molar-refractivity contribution in [3.8, 4) is 23.0 Å². The maximum Gasteiger partial charge on any atom is 0.324 e. The van der Waals surface area contributed by atoms with Gasteiger partial charge in [0.15, 0.2) is 5.75 Å². The number of methoxy groups -OCH3 is 2. The quantitative estimate of drug-likeness (QED) is 0.0613. The van der Waals surface area contributed by atoms with Gasteiger partial charge in [0.05, 0.1) is 49.1 Å². The monoisotopic (exact) mass is 939 g/mol. The number of pyridine rings is 1. The second-order valence-electron chi connectivity index (χ2n) is 17.0. The first kappa shape index (κ1) is 49.3. The summed E-state index contributed by atoms with van der Waals surface area (Å²) in [4.78, 5) is 59.7. The van der Waals surface area contributed by atoms with Crippen molar-refractivity contribution in [2.24, 2.45) is 11.5 Å². The standard InChI is InChI=1S/C47H57N9O10S/c1-47(2,3)29-25-36(53-67(6,62)63)43(65-5)38(26-29)56(46(49)61)37-14-15-39(33-10-8-7-9-32(33)37)66-31-17-18-50-41(28-31)52-30-11-12-34(40(27-30)64-4)44(59)51-19-20-54-21-23-55(24-22-54)45(60)35(48)13-16-42(57)58/h7-12,14-15,17-18,25-28,35,53H,13,16,19-24,48H2,1-6H3,(H2,49,61)(H,50,52)(H,51,59)(H,57,58)/t35-/m0/s1. The number of amides is 4. The minimum atomic E-state index is -3.74. The Morgan fingerprint density at radius 3 is 2.25 bits per heavy atom. The Bertz CT molecular complexity index is 2760. The van der Waals surface area contributed by atoms with Crippen LogP contribution >= 0.6 is 0 Å². The fourth-order valence-corrected chi connectivity index (χ4v) is 8.19. The number of carboxylic acids is 1. The molecule has 1 atom stereocenters. The molecule has 0 bridgehead atoms. The van der Waals surface area contributed by atoms with Crippen LogP contribution in [-0.2, 0) is 25.0 Å². The first-order valence-electron chi connectivity index (χ1n) is 21.4. The van der Waals surface area contributed by atoms with Crippen molar-refractivity contribution >= 4 is 73.2 Å². The van der Waals surface area contributed by atoms with E-state index in [0.717, 1.165) is 11.8 Å². The zero-order chi connectivity index (χ0) is 48.6. The SMILES string of the molecule is COc1cc(Nc2cc(Oc3ccc(N(C(N)=O)c4cc(C(C)(C)C)cc(NS(C)(=O)=O)c4OC)c4ccccc34)ccn2)ccc1C(=O)NCCN1CCN(C(=O)[C@@H](N)CCC(=O)O)CC1. The number of nitrogens with zero attached hydrogens (tertiary/aromatic N) is 4. The first-order valence-corrected chi connectivity index (χ1v) is 23.3. The van der Waals surface area contributed by atoms with Gasteiger partial charge in [0.2, 0.25) is 15.9 Å². The third-order valence-corrected chi connectivity index (χ3v) is 11.7. The van der Waals surface area contributed by atoms with Crippen LogP contribution in [0, 0.1) is 0 Å². The molecule has 4 amide bonds. The molecule has 8 N–H and O–H groups in total. The van der Waals surface area contributed by atoms with E-state index < -0.39 is 33.5 Å². The number of ether oxygens (including phenoxy) is 3. The van der Waals surface area contributed by atoms with Crippen LogP contribution in [0.3, 0.4) is 0 Å². The van der Waals surface area contributed by atoms with E-state index in [1.54, 1.807) is 65.7 Å². The van der Waals surface area contributed by atoms with Crippen LogP contribution in [0.2, 0.25) is 0 Å². The number of carboxylic acid groups (broad SMARTS) is 1. The number of aliphatic carboxylic acids is 1. The number of nitrogens with one attached hydrogen (secondary N) is 3. The highest BCUT2D eigenvalue weighted by Gasteiger charge is 2.29. The molecule has 1 aliphatic rings. The minimum absolute atomic E-state index is 0.0869. The number of anilines is 5. The van der Waals surface area contributed by atoms with Crippen LogP contribution in [0.4, 0.5) is 33.4 Å². The number of fused-ring (bicyclic) bond motifs is 1. The number of rotatable bonds is 18. The number of carbonyl (C=O) groups excluding carboxylic acids is 3. The summed E-state index contributed by atoms with van der Waals surface area (Å²) in [6.45, 7) is 8.92. The van der Waals surface area contributed by atoms with Gasteiger partial charge in [0, 0.05) is 80.5 Å². The van der Waals surface area contributed by atoms with Gasteiger partial charge in [0.25, 0.3) is 5.91 Å². The number of carbonyl (C=O) groups is 4. The Hall–Kier alpha value is -7.16. The number of sulfonamides is 1. The molecule has 1 aromatic heterocycles. The van der Waals surface area contributed by atoms with Gasteiger partial charge in [-0.15, -0.1) is 0 Å². The summed E-state index contributed by atoms with van der Waals surface area (Å²) in [7, 11) is -0.882. The fourth-order valence-electron chi connectivity index (χ4n) is 7.64. The summed E-state index contributed by atoms with van der Waals surface area (Å²) in [6, 6.07) is 20.9. The van der Waals surface area contributed by atoms with E-state index in [9.17, 15) is 27.6 Å². The number of piperazine rings is 1. The largest absolute Gasteiger partial charge is 0.496 e.